The van der Waals surface area contributed by atoms with Crippen LogP contribution in [0.3, 0.4) is 0 Å². The van der Waals surface area contributed by atoms with Gasteiger partial charge in [0.15, 0.2) is 11.9 Å². The minimum Gasteiger partial charge on any atom is -0.479 e. The van der Waals surface area contributed by atoms with Crippen LogP contribution < -0.4 is 0 Å². The van der Waals surface area contributed by atoms with E-state index in [1.54, 1.807) is 0 Å². The smallest absolute Gasteiger partial charge is 0.338 e. The topological polar surface area (TPSA) is 127 Å². The van der Waals surface area contributed by atoms with Crippen molar-refractivity contribution in [2.24, 2.45) is 0 Å². The molecule has 4 unspecified atom stereocenters. The van der Waals surface area contributed by atoms with Gasteiger partial charge < -0.3 is 30.3 Å². The number of aliphatic carboxylic acids is 1. The molecule has 82 valence electrons. The molecule has 0 aromatic carbocycles. The maximum atomic E-state index is 10.7. The Morgan fingerprint density at radius 1 is 1.21 bits per heavy atom. The second-order valence-electron chi connectivity index (χ2n) is 3.35. The predicted molar refractivity (Wildman–Crippen MR) is 41.2 cm³/mol. The Balaban J connectivity index is 2.96. The molecular weight excluding hydrogens is 196 g/mol. The summed E-state index contributed by atoms with van der Waals surface area (Å²) in [7, 11) is 0. The molecule has 5 atom stereocenters. The van der Waals surface area contributed by atoms with E-state index in [9.17, 15) is 15.0 Å². The molecule has 1 rings (SSSR count). The third-order valence-electron chi connectivity index (χ3n) is 2.32. The van der Waals surface area contributed by atoms with Crippen molar-refractivity contribution in [1.29, 1.82) is 0 Å². The van der Waals surface area contributed by atoms with Gasteiger partial charge in [-0.1, -0.05) is 0 Å². The molecule has 5 N–H and O–H groups in total. The summed E-state index contributed by atoms with van der Waals surface area (Å²) in [5.41, 5.74) is -2.13. The Morgan fingerprint density at radius 3 is 2.14 bits per heavy atom. The lowest BCUT2D eigenvalue weighted by Gasteiger charge is -2.42. The second-order valence-corrected chi connectivity index (χ2v) is 3.35. The third kappa shape index (κ3) is 1.49. The van der Waals surface area contributed by atoms with Crippen LogP contribution in [0.25, 0.3) is 0 Å². The zero-order valence-corrected chi connectivity index (χ0v) is 7.36. The predicted octanol–water partition coefficient (Wildman–Crippen LogP) is -2.74. The molecule has 1 aliphatic heterocycles. The van der Waals surface area contributed by atoms with Crippen molar-refractivity contribution < 1.29 is 35.1 Å². The van der Waals surface area contributed by atoms with E-state index in [4.69, 9.17) is 15.3 Å². The van der Waals surface area contributed by atoms with Crippen LogP contribution in [0.15, 0.2) is 0 Å². The first-order valence-corrected chi connectivity index (χ1v) is 3.94. The fraction of sp³-hybridized carbons (Fsp3) is 0.857. The van der Waals surface area contributed by atoms with Crippen molar-refractivity contribution in [2.45, 2.75) is 37.1 Å². The molecule has 0 saturated carbocycles. The van der Waals surface area contributed by atoms with Gasteiger partial charge in [0.2, 0.25) is 0 Å². The summed E-state index contributed by atoms with van der Waals surface area (Å²) in [6, 6.07) is 0. The standard InChI is InChI=1S/C7H12O7/c1-7(6(12)13)4(10)2(8)3(9)5(11)14-7/h2-5,8-11H,1H3,(H,12,13)/t2?,3-,4?,5?,7?/m0/s1. The van der Waals surface area contributed by atoms with Crippen molar-refractivity contribution >= 4 is 5.97 Å². The Labute approximate surface area is 79.2 Å². The summed E-state index contributed by atoms with van der Waals surface area (Å²) in [5.74, 6) is -1.53. The summed E-state index contributed by atoms with van der Waals surface area (Å²) < 4.78 is 4.53. The molecule has 0 amide bonds. The van der Waals surface area contributed by atoms with Gasteiger partial charge in [0.05, 0.1) is 0 Å². The number of hydrogen-bond donors (Lipinski definition) is 5. The third-order valence-corrected chi connectivity index (χ3v) is 2.32. The molecule has 0 aliphatic carbocycles. The fourth-order valence-electron chi connectivity index (χ4n) is 1.25. The van der Waals surface area contributed by atoms with Crippen molar-refractivity contribution in [2.75, 3.05) is 0 Å². The first kappa shape index (κ1) is 11.3. The van der Waals surface area contributed by atoms with Crippen molar-refractivity contribution in [3.63, 3.8) is 0 Å². The average molecular weight is 208 g/mol. The highest BCUT2D eigenvalue weighted by atomic mass is 16.7. The summed E-state index contributed by atoms with van der Waals surface area (Å²) in [4.78, 5) is 10.7. The van der Waals surface area contributed by atoms with Crippen molar-refractivity contribution in [3.8, 4) is 0 Å². The van der Waals surface area contributed by atoms with Crippen LogP contribution in [0.1, 0.15) is 6.92 Å². The van der Waals surface area contributed by atoms with Crippen LogP contribution in [-0.4, -0.2) is 61.7 Å². The number of ether oxygens (including phenoxy) is 1. The maximum absolute atomic E-state index is 10.7. The number of carboxylic acids is 1. The van der Waals surface area contributed by atoms with Crippen LogP contribution in [0, 0.1) is 0 Å². The summed E-state index contributed by atoms with van der Waals surface area (Å²) in [5, 5.41) is 45.3. The van der Waals surface area contributed by atoms with E-state index >= 15 is 0 Å². The molecule has 1 fully saturated rings. The second kappa shape index (κ2) is 3.44. The van der Waals surface area contributed by atoms with E-state index in [2.05, 4.69) is 4.74 Å². The Morgan fingerprint density at radius 2 is 1.71 bits per heavy atom. The van der Waals surface area contributed by atoms with Crippen LogP contribution >= 0.6 is 0 Å². The number of rotatable bonds is 1. The minimum atomic E-state index is -2.13. The first-order chi connectivity index (χ1) is 6.30. The van der Waals surface area contributed by atoms with Crippen LogP contribution in [0.4, 0.5) is 0 Å². The number of aliphatic hydroxyl groups excluding tert-OH is 4. The highest BCUT2D eigenvalue weighted by Crippen LogP contribution is 2.28. The van der Waals surface area contributed by atoms with Gasteiger partial charge in [-0.15, -0.1) is 0 Å². The van der Waals surface area contributed by atoms with Crippen molar-refractivity contribution in [3.05, 3.63) is 0 Å². The number of hydrogen-bond acceptors (Lipinski definition) is 6. The van der Waals surface area contributed by atoms with Gasteiger partial charge in [-0.25, -0.2) is 4.79 Å². The molecule has 0 bridgehead atoms. The summed E-state index contributed by atoms with van der Waals surface area (Å²) >= 11 is 0. The average Bonchev–Trinajstić information content (AvgIpc) is 2.11. The van der Waals surface area contributed by atoms with Gasteiger partial charge in [-0.3, -0.25) is 0 Å². The Hall–Kier alpha value is -0.730. The van der Waals surface area contributed by atoms with Gasteiger partial charge in [-0.05, 0) is 6.92 Å². The molecule has 0 aromatic heterocycles. The van der Waals surface area contributed by atoms with Gasteiger partial charge in [0.1, 0.15) is 18.3 Å². The van der Waals surface area contributed by atoms with Gasteiger partial charge >= 0.3 is 5.97 Å². The van der Waals surface area contributed by atoms with E-state index < -0.39 is 36.2 Å². The summed E-state index contributed by atoms with van der Waals surface area (Å²) in [6.07, 6.45) is -7.13. The molecule has 0 radical (unpaired) electrons. The lowest BCUT2D eigenvalue weighted by Crippen LogP contribution is -2.66. The molecule has 0 aromatic rings. The zero-order chi connectivity index (χ0) is 11.1. The molecule has 0 spiro atoms. The quantitative estimate of drug-likeness (QED) is 0.316. The van der Waals surface area contributed by atoms with E-state index in [1.165, 1.54) is 0 Å². The maximum Gasteiger partial charge on any atom is 0.338 e. The molecule has 1 saturated heterocycles. The molecule has 7 nitrogen and oxygen atoms in total. The van der Waals surface area contributed by atoms with Gasteiger partial charge in [0.25, 0.3) is 0 Å². The summed E-state index contributed by atoms with van der Waals surface area (Å²) in [6.45, 7) is 0.998. The Bertz CT molecular complexity index is 242. The van der Waals surface area contributed by atoms with Gasteiger partial charge in [0, 0.05) is 0 Å². The normalized spacial score (nSPS) is 48.9. The highest BCUT2D eigenvalue weighted by molar-refractivity contribution is 5.78. The lowest BCUT2D eigenvalue weighted by molar-refractivity contribution is -0.310. The molecule has 7 heteroatoms. The zero-order valence-electron chi connectivity index (χ0n) is 7.36. The SMILES string of the molecule is CC1(C(=O)O)OC(O)[C@@H](O)C(O)C1O. The van der Waals surface area contributed by atoms with E-state index in [1.807, 2.05) is 0 Å². The van der Waals surface area contributed by atoms with E-state index in [-0.39, 0.29) is 0 Å². The van der Waals surface area contributed by atoms with E-state index in [0.29, 0.717) is 0 Å². The van der Waals surface area contributed by atoms with Crippen LogP contribution in [-0.2, 0) is 9.53 Å². The molecule has 14 heavy (non-hydrogen) atoms. The lowest BCUT2D eigenvalue weighted by atomic mass is 9.88. The number of carboxylic acid groups (broad SMARTS) is 1. The number of aliphatic hydroxyl groups is 4. The minimum absolute atomic E-state index is 0.998. The molecule has 1 heterocycles. The Kier molecular flexibility index (Phi) is 2.79. The van der Waals surface area contributed by atoms with Crippen LogP contribution in [0.2, 0.25) is 0 Å². The molecule has 1 aliphatic rings. The monoisotopic (exact) mass is 208 g/mol. The largest absolute Gasteiger partial charge is 0.479 e. The highest BCUT2D eigenvalue weighted by Gasteiger charge is 2.55. The molecular formula is C7H12O7. The van der Waals surface area contributed by atoms with E-state index in [0.717, 1.165) is 6.92 Å². The first-order valence-electron chi connectivity index (χ1n) is 3.94. The van der Waals surface area contributed by atoms with Gasteiger partial charge in [-0.2, -0.15) is 0 Å². The fourth-order valence-corrected chi connectivity index (χ4v) is 1.25. The number of carbonyl (C=O) groups is 1. The van der Waals surface area contributed by atoms with Crippen LogP contribution in [0.5, 0.6) is 0 Å². The van der Waals surface area contributed by atoms with Crippen molar-refractivity contribution in [1.82, 2.24) is 0 Å².